The molecule has 0 fully saturated rings. The van der Waals surface area contributed by atoms with Gasteiger partial charge in [-0.1, -0.05) is 24.3 Å². The van der Waals surface area contributed by atoms with Crippen molar-refractivity contribution in [3.63, 3.8) is 0 Å². The molecule has 0 aliphatic heterocycles. The third kappa shape index (κ3) is 2.59. The van der Waals surface area contributed by atoms with Crippen LogP contribution in [0.15, 0.2) is 36.4 Å². The first kappa shape index (κ1) is 13.1. The van der Waals surface area contributed by atoms with Gasteiger partial charge in [-0.2, -0.15) is 0 Å². The topological polar surface area (TPSA) is 37.3 Å². The van der Waals surface area contributed by atoms with Crippen molar-refractivity contribution in [2.75, 3.05) is 0 Å². The van der Waals surface area contributed by atoms with E-state index in [1.807, 2.05) is 0 Å². The third-order valence-corrected chi connectivity index (χ3v) is 2.66. The average Bonchev–Trinajstić information content (AvgIpc) is 2.33. The Balaban J connectivity index is 2.67. The first-order chi connectivity index (χ1) is 9.00. The van der Waals surface area contributed by atoms with Crippen LogP contribution >= 0.6 is 0 Å². The Labute approximate surface area is 107 Å². The van der Waals surface area contributed by atoms with Crippen molar-refractivity contribution < 1.29 is 23.1 Å². The number of carboxylic acid groups (broad SMARTS) is 1. The van der Waals surface area contributed by atoms with Crippen LogP contribution in [0.4, 0.5) is 13.2 Å². The van der Waals surface area contributed by atoms with Crippen molar-refractivity contribution in [3.05, 3.63) is 59.4 Å². The van der Waals surface area contributed by atoms with Gasteiger partial charge in [0.2, 0.25) is 0 Å². The molecule has 2 nitrogen and oxygen atoms in total. The molecule has 2 aromatic carbocycles. The zero-order chi connectivity index (χ0) is 14.0. The van der Waals surface area contributed by atoms with E-state index in [1.165, 1.54) is 24.3 Å². The highest BCUT2D eigenvalue weighted by Crippen LogP contribution is 2.30. The Morgan fingerprint density at radius 2 is 1.63 bits per heavy atom. The van der Waals surface area contributed by atoms with Gasteiger partial charge < -0.3 is 5.11 Å². The van der Waals surface area contributed by atoms with Gasteiger partial charge in [0, 0.05) is 11.1 Å². The molecule has 2 aromatic rings. The predicted octanol–water partition coefficient (Wildman–Crippen LogP) is 3.40. The SMILES string of the molecule is O=C(O)Cc1cccc(F)c1-c1cccc(F)c1F. The number of benzene rings is 2. The van der Waals surface area contributed by atoms with Crippen LogP contribution < -0.4 is 0 Å². The van der Waals surface area contributed by atoms with Gasteiger partial charge >= 0.3 is 5.97 Å². The fourth-order valence-corrected chi connectivity index (χ4v) is 1.88. The second-order valence-electron chi connectivity index (χ2n) is 3.95. The quantitative estimate of drug-likeness (QED) is 0.924. The summed E-state index contributed by atoms with van der Waals surface area (Å²) >= 11 is 0. The molecular formula is C14H9F3O2. The molecule has 0 bridgehead atoms. The minimum atomic E-state index is -1.20. The Morgan fingerprint density at radius 3 is 2.32 bits per heavy atom. The highest BCUT2D eigenvalue weighted by molar-refractivity contribution is 5.77. The summed E-state index contributed by atoms with van der Waals surface area (Å²) in [6, 6.07) is 7.14. The Bertz CT molecular complexity index is 639. The number of halogens is 3. The summed E-state index contributed by atoms with van der Waals surface area (Å²) in [6.07, 6.45) is -0.469. The van der Waals surface area contributed by atoms with Crippen LogP contribution in [-0.4, -0.2) is 11.1 Å². The normalized spacial score (nSPS) is 10.5. The standard InChI is InChI=1S/C14H9F3O2/c15-10-5-1-3-8(7-12(18)19)13(10)9-4-2-6-11(16)14(9)17/h1-6H,7H2,(H,18,19). The lowest BCUT2D eigenvalue weighted by molar-refractivity contribution is -0.136. The number of hydrogen-bond acceptors (Lipinski definition) is 1. The van der Waals surface area contributed by atoms with Crippen LogP contribution in [0.25, 0.3) is 11.1 Å². The Morgan fingerprint density at radius 1 is 1.00 bits per heavy atom. The van der Waals surface area contributed by atoms with Crippen molar-refractivity contribution in [2.45, 2.75) is 6.42 Å². The molecule has 2 rings (SSSR count). The fourth-order valence-electron chi connectivity index (χ4n) is 1.88. The Hall–Kier alpha value is -2.30. The van der Waals surface area contributed by atoms with Gasteiger partial charge in [-0.05, 0) is 17.7 Å². The minimum absolute atomic E-state index is 0.0944. The monoisotopic (exact) mass is 266 g/mol. The maximum atomic E-state index is 13.8. The van der Waals surface area contributed by atoms with Crippen LogP contribution in [0.2, 0.25) is 0 Å². The lowest BCUT2D eigenvalue weighted by atomic mass is 9.96. The fraction of sp³-hybridized carbons (Fsp3) is 0.0714. The highest BCUT2D eigenvalue weighted by atomic mass is 19.2. The lowest BCUT2D eigenvalue weighted by Gasteiger charge is -2.10. The molecule has 0 atom stereocenters. The van der Waals surface area contributed by atoms with Crippen molar-refractivity contribution in [1.82, 2.24) is 0 Å². The average molecular weight is 266 g/mol. The van der Waals surface area contributed by atoms with Crippen LogP contribution in [0, 0.1) is 17.5 Å². The molecule has 5 heteroatoms. The van der Waals surface area contributed by atoms with Crippen molar-refractivity contribution in [1.29, 1.82) is 0 Å². The van der Waals surface area contributed by atoms with Gasteiger partial charge in [0.15, 0.2) is 11.6 Å². The molecule has 0 radical (unpaired) electrons. The van der Waals surface area contributed by atoms with Gasteiger partial charge in [-0.3, -0.25) is 4.79 Å². The number of carbonyl (C=O) groups is 1. The largest absolute Gasteiger partial charge is 0.481 e. The van der Waals surface area contributed by atoms with Crippen LogP contribution in [0.5, 0.6) is 0 Å². The zero-order valence-electron chi connectivity index (χ0n) is 9.66. The van der Waals surface area contributed by atoms with Gasteiger partial charge in [-0.15, -0.1) is 0 Å². The molecule has 0 unspecified atom stereocenters. The van der Waals surface area contributed by atoms with E-state index >= 15 is 0 Å². The zero-order valence-corrected chi connectivity index (χ0v) is 9.66. The second-order valence-corrected chi connectivity index (χ2v) is 3.95. The summed E-state index contributed by atoms with van der Waals surface area (Å²) in [6.45, 7) is 0. The van der Waals surface area contributed by atoms with Gasteiger partial charge in [0.05, 0.1) is 6.42 Å². The number of carboxylic acids is 1. The van der Waals surface area contributed by atoms with E-state index in [-0.39, 0.29) is 16.7 Å². The van der Waals surface area contributed by atoms with Gasteiger partial charge in [0.25, 0.3) is 0 Å². The molecular weight excluding hydrogens is 257 g/mol. The molecule has 19 heavy (non-hydrogen) atoms. The number of hydrogen-bond donors (Lipinski definition) is 1. The van der Waals surface area contributed by atoms with Crippen molar-refractivity contribution in [3.8, 4) is 11.1 Å². The molecule has 0 aliphatic carbocycles. The smallest absolute Gasteiger partial charge is 0.307 e. The summed E-state index contributed by atoms with van der Waals surface area (Å²) in [5, 5.41) is 8.76. The summed E-state index contributed by atoms with van der Waals surface area (Å²) in [5.41, 5.74) is -0.409. The number of rotatable bonds is 3. The molecule has 1 N–H and O–H groups in total. The van der Waals surface area contributed by atoms with E-state index in [2.05, 4.69) is 0 Å². The summed E-state index contributed by atoms with van der Waals surface area (Å²) in [5.74, 6) is -4.27. The molecule has 0 aromatic heterocycles. The van der Waals surface area contributed by atoms with E-state index in [1.54, 1.807) is 0 Å². The van der Waals surface area contributed by atoms with Crippen LogP contribution in [0.1, 0.15) is 5.56 Å². The van der Waals surface area contributed by atoms with Gasteiger partial charge in [0.1, 0.15) is 5.82 Å². The summed E-state index contributed by atoms with van der Waals surface area (Å²) in [7, 11) is 0. The molecule has 0 aliphatic rings. The summed E-state index contributed by atoms with van der Waals surface area (Å²) < 4.78 is 40.7. The van der Waals surface area contributed by atoms with E-state index in [0.29, 0.717) is 0 Å². The first-order valence-electron chi connectivity index (χ1n) is 5.44. The van der Waals surface area contributed by atoms with Gasteiger partial charge in [-0.25, -0.2) is 13.2 Å². The lowest BCUT2D eigenvalue weighted by Crippen LogP contribution is -2.04. The maximum Gasteiger partial charge on any atom is 0.307 e. The summed E-state index contributed by atoms with van der Waals surface area (Å²) in [4.78, 5) is 10.7. The molecule has 0 amide bonds. The molecule has 0 saturated carbocycles. The second kappa shape index (κ2) is 5.14. The van der Waals surface area contributed by atoms with E-state index in [4.69, 9.17) is 5.11 Å². The Kier molecular flexibility index (Phi) is 3.55. The number of aliphatic carboxylic acids is 1. The highest BCUT2D eigenvalue weighted by Gasteiger charge is 2.18. The minimum Gasteiger partial charge on any atom is -0.481 e. The van der Waals surface area contributed by atoms with Crippen LogP contribution in [0.3, 0.4) is 0 Å². The molecule has 98 valence electrons. The van der Waals surface area contributed by atoms with E-state index < -0.39 is 29.8 Å². The third-order valence-electron chi connectivity index (χ3n) is 2.66. The molecule has 0 heterocycles. The molecule has 0 spiro atoms. The predicted molar refractivity (Wildman–Crippen MR) is 63.1 cm³/mol. The first-order valence-corrected chi connectivity index (χ1v) is 5.44. The molecule has 0 saturated heterocycles. The van der Waals surface area contributed by atoms with E-state index in [0.717, 1.165) is 12.1 Å². The van der Waals surface area contributed by atoms with E-state index in [9.17, 15) is 18.0 Å². The maximum absolute atomic E-state index is 13.8. The van der Waals surface area contributed by atoms with Crippen LogP contribution in [-0.2, 0) is 11.2 Å². The van der Waals surface area contributed by atoms with Crippen molar-refractivity contribution in [2.24, 2.45) is 0 Å². The van der Waals surface area contributed by atoms with Crippen molar-refractivity contribution >= 4 is 5.97 Å².